The molecule has 0 saturated carbocycles. The van der Waals surface area contributed by atoms with E-state index in [0.717, 1.165) is 13.0 Å². The maximum absolute atomic E-state index is 13.0. The van der Waals surface area contributed by atoms with Gasteiger partial charge in [-0.2, -0.15) is 4.39 Å². The maximum atomic E-state index is 13.0. The Morgan fingerprint density at radius 2 is 2.00 bits per heavy atom. The molecule has 80 valence electrons. The van der Waals surface area contributed by atoms with Crippen LogP contribution in [0.1, 0.15) is 45.2 Å². The minimum atomic E-state index is -0.414. The van der Waals surface area contributed by atoms with Crippen LogP contribution in [-0.2, 0) is 13.0 Å². The zero-order valence-corrected chi connectivity index (χ0v) is 8.96. The monoisotopic (exact) mass is 199 g/mol. The van der Waals surface area contributed by atoms with Gasteiger partial charge in [-0.25, -0.2) is 4.68 Å². The zero-order valence-electron chi connectivity index (χ0n) is 8.96. The zero-order chi connectivity index (χ0) is 10.4. The third-order valence-electron chi connectivity index (χ3n) is 2.35. The molecular formula is C10H18FN3. The molecule has 0 radical (unpaired) electrons. The van der Waals surface area contributed by atoms with Gasteiger partial charge in [0.25, 0.3) is 5.95 Å². The van der Waals surface area contributed by atoms with Crippen molar-refractivity contribution in [1.82, 2.24) is 15.0 Å². The predicted octanol–water partition coefficient (Wildman–Crippen LogP) is 2.56. The molecule has 0 saturated heterocycles. The van der Waals surface area contributed by atoms with Crippen molar-refractivity contribution in [2.45, 2.75) is 52.5 Å². The highest BCUT2D eigenvalue weighted by Gasteiger charge is 2.09. The van der Waals surface area contributed by atoms with E-state index in [1.165, 1.54) is 19.3 Å². The van der Waals surface area contributed by atoms with Gasteiger partial charge < -0.3 is 0 Å². The average Bonchev–Trinajstić information content (AvgIpc) is 2.54. The highest BCUT2D eigenvalue weighted by Crippen LogP contribution is 2.07. The highest BCUT2D eigenvalue weighted by atomic mass is 19.1. The summed E-state index contributed by atoms with van der Waals surface area (Å²) in [7, 11) is 0. The molecule has 1 rings (SSSR count). The molecule has 0 fully saturated rings. The molecule has 0 aliphatic heterocycles. The molecular weight excluding hydrogens is 181 g/mol. The Kier molecular flexibility index (Phi) is 4.56. The van der Waals surface area contributed by atoms with E-state index in [0.29, 0.717) is 12.1 Å². The smallest absolute Gasteiger partial charge is 0.246 e. The summed E-state index contributed by atoms with van der Waals surface area (Å²) in [6, 6.07) is 0. The molecule has 0 unspecified atom stereocenters. The largest absolute Gasteiger partial charge is 0.255 e. The number of unbranched alkanes of at least 4 members (excludes halogenated alkanes) is 3. The van der Waals surface area contributed by atoms with Gasteiger partial charge in [-0.15, -0.1) is 0 Å². The van der Waals surface area contributed by atoms with Crippen LogP contribution in [0.5, 0.6) is 0 Å². The van der Waals surface area contributed by atoms with Crippen molar-refractivity contribution in [1.29, 1.82) is 0 Å². The van der Waals surface area contributed by atoms with Gasteiger partial charge in [0.2, 0.25) is 0 Å². The first-order chi connectivity index (χ1) is 6.79. The fourth-order valence-corrected chi connectivity index (χ4v) is 1.51. The van der Waals surface area contributed by atoms with E-state index < -0.39 is 5.95 Å². The number of nitrogens with zero attached hydrogens (tertiary/aromatic N) is 3. The normalized spacial score (nSPS) is 10.8. The SMILES string of the molecule is CCCCCCn1nnc(F)c1CC. The van der Waals surface area contributed by atoms with Crippen LogP contribution in [0.15, 0.2) is 0 Å². The molecule has 0 aliphatic rings. The standard InChI is InChI=1S/C10H18FN3/c1-3-5-6-7-8-14-9(4-2)10(11)12-13-14/h3-8H2,1-2H3. The fourth-order valence-electron chi connectivity index (χ4n) is 1.51. The van der Waals surface area contributed by atoms with E-state index in [-0.39, 0.29) is 0 Å². The number of aryl methyl sites for hydroxylation is 1. The third-order valence-corrected chi connectivity index (χ3v) is 2.35. The van der Waals surface area contributed by atoms with Gasteiger partial charge in [0.05, 0.1) is 5.69 Å². The fraction of sp³-hybridized carbons (Fsp3) is 0.800. The average molecular weight is 199 g/mol. The summed E-state index contributed by atoms with van der Waals surface area (Å²) in [5.41, 5.74) is 0.626. The molecule has 3 nitrogen and oxygen atoms in total. The van der Waals surface area contributed by atoms with Crippen LogP contribution in [-0.4, -0.2) is 15.0 Å². The van der Waals surface area contributed by atoms with Gasteiger partial charge >= 0.3 is 0 Å². The van der Waals surface area contributed by atoms with E-state index in [1.54, 1.807) is 4.68 Å². The first kappa shape index (κ1) is 11.1. The van der Waals surface area contributed by atoms with Crippen molar-refractivity contribution >= 4 is 0 Å². The van der Waals surface area contributed by atoms with Crippen LogP contribution in [0.4, 0.5) is 4.39 Å². The van der Waals surface area contributed by atoms with Crippen molar-refractivity contribution in [2.24, 2.45) is 0 Å². The van der Waals surface area contributed by atoms with Crippen molar-refractivity contribution in [3.8, 4) is 0 Å². The highest BCUT2D eigenvalue weighted by molar-refractivity contribution is 4.96. The van der Waals surface area contributed by atoms with Crippen molar-refractivity contribution < 1.29 is 4.39 Å². The number of hydrogen-bond acceptors (Lipinski definition) is 2. The molecule has 0 atom stereocenters. The van der Waals surface area contributed by atoms with Gasteiger partial charge in [0.15, 0.2) is 0 Å². The molecule has 4 heteroatoms. The molecule has 0 spiro atoms. The van der Waals surface area contributed by atoms with E-state index in [2.05, 4.69) is 17.2 Å². The van der Waals surface area contributed by atoms with Gasteiger partial charge in [-0.3, -0.25) is 0 Å². The lowest BCUT2D eigenvalue weighted by molar-refractivity contribution is 0.512. The first-order valence-electron chi connectivity index (χ1n) is 5.37. The Balaban J connectivity index is 2.42. The Hall–Kier alpha value is -0.930. The number of halogens is 1. The first-order valence-corrected chi connectivity index (χ1v) is 5.37. The minimum Gasteiger partial charge on any atom is -0.246 e. The van der Waals surface area contributed by atoms with E-state index in [1.807, 2.05) is 6.92 Å². The summed E-state index contributed by atoms with van der Waals surface area (Å²) in [5.74, 6) is -0.414. The van der Waals surface area contributed by atoms with E-state index in [9.17, 15) is 4.39 Å². The third kappa shape index (κ3) is 2.79. The van der Waals surface area contributed by atoms with Gasteiger partial charge in [-0.1, -0.05) is 43.4 Å². The molecule has 14 heavy (non-hydrogen) atoms. The second-order valence-corrected chi connectivity index (χ2v) is 3.46. The number of rotatable bonds is 6. The second-order valence-electron chi connectivity index (χ2n) is 3.46. The van der Waals surface area contributed by atoms with Crippen LogP contribution >= 0.6 is 0 Å². The number of hydrogen-bond donors (Lipinski definition) is 0. The van der Waals surface area contributed by atoms with Gasteiger partial charge in [0, 0.05) is 6.54 Å². The van der Waals surface area contributed by atoms with Crippen LogP contribution in [0.2, 0.25) is 0 Å². The van der Waals surface area contributed by atoms with Crippen LogP contribution in [0.25, 0.3) is 0 Å². The molecule has 0 bridgehead atoms. The lowest BCUT2D eigenvalue weighted by Crippen LogP contribution is -2.05. The lowest BCUT2D eigenvalue weighted by Gasteiger charge is -2.03. The summed E-state index contributed by atoms with van der Waals surface area (Å²) in [6.07, 6.45) is 5.35. The van der Waals surface area contributed by atoms with Crippen molar-refractivity contribution in [3.05, 3.63) is 11.6 Å². The molecule has 0 aliphatic carbocycles. The summed E-state index contributed by atoms with van der Waals surface area (Å²) in [4.78, 5) is 0. The van der Waals surface area contributed by atoms with Gasteiger partial charge in [-0.05, 0) is 12.8 Å². The van der Waals surface area contributed by atoms with Crippen molar-refractivity contribution in [2.75, 3.05) is 0 Å². The quantitative estimate of drug-likeness (QED) is 0.659. The van der Waals surface area contributed by atoms with Gasteiger partial charge in [0.1, 0.15) is 0 Å². The molecule has 0 amide bonds. The van der Waals surface area contributed by atoms with Crippen molar-refractivity contribution in [3.63, 3.8) is 0 Å². The molecule has 0 N–H and O–H groups in total. The second kappa shape index (κ2) is 5.73. The van der Waals surface area contributed by atoms with Crippen LogP contribution < -0.4 is 0 Å². The summed E-state index contributed by atoms with van der Waals surface area (Å²) < 4.78 is 14.7. The lowest BCUT2D eigenvalue weighted by atomic mass is 10.2. The summed E-state index contributed by atoms with van der Waals surface area (Å²) >= 11 is 0. The predicted molar refractivity (Wildman–Crippen MR) is 53.5 cm³/mol. The van der Waals surface area contributed by atoms with E-state index >= 15 is 0 Å². The Labute approximate surface area is 84.3 Å². The van der Waals surface area contributed by atoms with Crippen LogP contribution in [0.3, 0.4) is 0 Å². The summed E-state index contributed by atoms with van der Waals surface area (Å²) in [5, 5.41) is 7.21. The van der Waals surface area contributed by atoms with Crippen LogP contribution in [0, 0.1) is 5.95 Å². The Morgan fingerprint density at radius 3 is 2.64 bits per heavy atom. The molecule has 0 aromatic carbocycles. The molecule has 1 heterocycles. The minimum absolute atomic E-state index is 0.414. The topological polar surface area (TPSA) is 30.7 Å². The Bertz CT molecular complexity index is 270. The summed E-state index contributed by atoms with van der Waals surface area (Å²) in [6.45, 7) is 4.89. The maximum Gasteiger partial charge on any atom is 0.255 e. The van der Waals surface area contributed by atoms with E-state index in [4.69, 9.17) is 0 Å². The molecule has 1 aromatic rings. The Morgan fingerprint density at radius 1 is 1.21 bits per heavy atom. The molecule has 1 aromatic heterocycles. The number of aromatic nitrogens is 3.